The molecule has 1 fully saturated rings. The number of hydrogen-bond acceptors (Lipinski definition) is 5. The van der Waals surface area contributed by atoms with Gasteiger partial charge < -0.3 is 5.32 Å². The van der Waals surface area contributed by atoms with Crippen molar-refractivity contribution >= 4 is 15.7 Å². The van der Waals surface area contributed by atoms with Gasteiger partial charge in [0, 0.05) is 18.7 Å². The molecule has 0 aromatic heterocycles. The number of nitro benzene ring substituents is 1. The van der Waals surface area contributed by atoms with Gasteiger partial charge in [0.2, 0.25) is 10.0 Å². The summed E-state index contributed by atoms with van der Waals surface area (Å²) in [6, 6.07) is 4.56. The fraction of sp³-hybridized carbons (Fsp3) is 0.538. The van der Waals surface area contributed by atoms with Crippen LogP contribution in [0.15, 0.2) is 23.1 Å². The van der Waals surface area contributed by atoms with E-state index in [1.165, 1.54) is 12.1 Å². The Balaban J connectivity index is 2.13. The van der Waals surface area contributed by atoms with Crippen molar-refractivity contribution < 1.29 is 13.3 Å². The van der Waals surface area contributed by atoms with Crippen molar-refractivity contribution in [1.29, 1.82) is 0 Å². The number of nitro groups is 1. The smallest absolute Gasteiger partial charge is 0.289 e. The molecule has 1 unspecified atom stereocenters. The summed E-state index contributed by atoms with van der Waals surface area (Å²) in [6.45, 7) is 2.78. The zero-order valence-electron chi connectivity index (χ0n) is 11.8. The molecule has 1 aromatic rings. The highest BCUT2D eigenvalue weighted by atomic mass is 32.2. The van der Waals surface area contributed by atoms with Gasteiger partial charge in [-0.3, -0.25) is 10.1 Å². The van der Waals surface area contributed by atoms with E-state index in [4.69, 9.17) is 0 Å². The summed E-state index contributed by atoms with van der Waals surface area (Å²) in [6.07, 6.45) is 2.81. The Morgan fingerprint density at radius 2 is 2.24 bits per heavy atom. The van der Waals surface area contributed by atoms with Gasteiger partial charge in [0.05, 0.1) is 4.92 Å². The SMILES string of the molecule is Cc1cccc([N+](=O)[O-])c1S(=O)(=O)NCCC1CCCN1. The molecule has 7 nitrogen and oxygen atoms in total. The van der Waals surface area contributed by atoms with E-state index in [-0.39, 0.29) is 17.1 Å². The van der Waals surface area contributed by atoms with E-state index >= 15 is 0 Å². The Morgan fingerprint density at radius 1 is 1.48 bits per heavy atom. The molecule has 0 aliphatic carbocycles. The molecular formula is C13H19N3O4S. The summed E-state index contributed by atoms with van der Waals surface area (Å²) in [5, 5.41) is 14.3. The molecule has 0 radical (unpaired) electrons. The maximum atomic E-state index is 12.3. The quantitative estimate of drug-likeness (QED) is 0.609. The zero-order valence-corrected chi connectivity index (χ0v) is 12.6. The second-order valence-corrected chi connectivity index (χ2v) is 6.86. The molecule has 0 saturated carbocycles. The molecule has 2 N–H and O–H groups in total. The van der Waals surface area contributed by atoms with Gasteiger partial charge in [-0.15, -0.1) is 0 Å². The molecule has 116 valence electrons. The van der Waals surface area contributed by atoms with Crippen molar-refractivity contribution in [2.24, 2.45) is 0 Å². The van der Waals surface area contributed by atoms with Gasteiger partial charge in [-0.25, -0.2) is 13.1 Å². The molecule has 8 heteroatoms. The summed E-state index contributed by atoms with van der Waals surface area (Å²) >= 11 is 0. The first-order valence-corrected chi connectivity index (χ1v) is 8.37. The number of nitrogens with zero attached hydrogens (tertiary/aromatic N) is 1. The van der Waals surface area contributed by atoms with Crippen molar-refractivity contribution in [3.8, 4) is 0 Å². The number of nitrogens with one attached hydrogen (secondary N) is 2. The maximum Gasteiger partial charge on any atom is 0.289 e. The van der Waals surface area contributed by atoms with Crippen molar-refractivity contribution in [3.63, 3.8) is 0 Å². The first-order chi connectivity index (χ1) is 9.92. The van der Waals surface area contributed by atoms with E-state index in [2.05, 4.69) is 10.0 Å². The maximum absolute atomic E-state index is 12.3. The van der Waals surface area contributed by atoms with Crippen molar-refractivity contribution in [2.45, 2.75) is 37.1 Å². The summed E-state index contributed by atoms with van der Waals surface area (Å²) in [4.78, 5) is 10.1. The lowest BCUT2D eigenvalue weighted by Crippen LogP contribution is -2.31. The second-order valence-electron chi connectivity index (χ2n) is 5.16. The summed E-state index contributed by atoms with van der Waals surface area (Å²) < 4.78 is 27.1. The minimum atomic E-state index is -3.88. The first-order valence-electron chi connectivity index (χ1n) is 6.89. The fourth-order valence-corrected chi connectivity index (χ4v) is 4.01. The van der Waals surface area contributed by atoms with Crippen LogP contribution in [0.2, 0.25) is 0 Å². The standard InChI is InChI=1S/C13H19N3O4S/c1-10-4-2-6-12(16(17)18)13(10)21(19,20)15-9-7-11-5-3-8-14-11/h2,4,6,11,14-15H,3,5,7-9H2,1H3. The lowest BCUT2D eigenvalue weighted by Gasteiger charge is -2.12. The van der Waals surface area contributed by atoms with Crippen LogP contribution in [0.5, 0.6) is 0 Å². The average molecular weight is 313 g/mol. The summed E-state index contributed by atoms with van der Waals surface area (Å²) in [5.41, 5.74) is -0.0165. The van der Waals surface area contributed by atoms with Crippen LogP contribution in [0.3, 0.4) is 0 Å². The van der Waals surface area contributed by atoms with Gasteiger partial charge in [0.25, 0.3) is 5.69 Å². The lowest BCUT2D eigenvalue weighted by molar-refractivity contribution is -0.387. The third kappa shape index (κ3) is 3.78. The number of rotatable bonds is 6. The third-order valence-corrected chi connectivity index (χ3v) is 5.26. The van der Waals surface area contributed by atoms with E-state index in [9.17, 15) is 18.5 Å². The molecule has 1 aromatic carbocycles. The molecule has 1 saturated heterocycles. The molecule has 0 bridgehead atoms. The molecule has 0 amide bonds. The zero-order chi connectivity index (χ0) is 15.5. The Bertz CT molecular complexity index is 624. The van der Waals surface area contributed by atoms with E-state index < -0.39 is 14.9 Å². The lowest BCUT2D eigenvalue weighted by atomic mass is 10.2. The Labute approximate surface area is 123 Å². The fourth-order valence-electron chi connectivity index (χ4n) is 2.57. The highest BCUT2D eigenvalue weighted by molar-refractivity contribution is 7.89. The molecule has 1 aliphatic heterocycles. The highest BCUT2D eigenvalue weighted by Gasteiger charge is 2.27. The van der Waals surface area contributed by atoms with Crippen LogP contribution in [0.25, 0.3) is 0 Å². The molecule has 21 heavy (non-hydrogen) atoms. The Morgan fingerprint density at radius 3 is 2.86 bits per heavy atom. The number of sulfonamides is 1. The Hall–Kier alpha value is -1.51. The van der Waals surface area contributed by atoms with Crippen LogP contribution < -0.4 is 10.0 Å². The normalized spacial score (nSPS) is 18.8. The van der Waals surface area contributed by atoms with Gasteiger partial charge >= 0.3 is 0 Å². The van der Waals surface area contributed by atoms with Gasteiger partial charge in [-0.2, -0.15) is 0 Å². The van der Waals surface area contributed by atoms with Crippen LogP contribution in [0.1, 0.15) is 24.8 Å². The largest absolute Gasteiger partial charge is 0.314 e. The van der Waals surface area contributed by atoms with Gasteiger partial charge in [0.15, 0.2) is 4.90 Å². The van der Waals surface area contributed by atoms with Crippen LogP contribution in [0.4, 0.5) is 5.69 Å². The summed E-state index contributed by atoms with van der Waals surface area (Å²) in [5.74, 6) is 0. The van der Waals surface area contributed by atoms with Gasteiger partial charge in [-0.05, 0) is 38.3 Å². The molecule has 2 rings (SSSR count). The second kappa shape index (κ2) is 6.50. The number of hydrogen-bond donors (Lipinski definition) is 2. The number of benzene rings is 1. The van der Waals surface area contributed by atoms with Crippen molar-refractivity contribution in [1.82, 2.24) is 10.0 Å². The molecule has 1 atom stereocenters. The minimum Gasteiger partial charge on any atom is -0.314 e. The monoisotopic (exact) mass is 313 g/mol. The molecule has 1 heterocycles. The van der Waals surface area contributed by atoms with E-state index in [1.807, 2.05) is 0 Å². The van der Waals surface area contributed by atoms with Crippen LogP contribution >= 0.6 is 0 Å². The number of aryl methyl sites for hydroxylation is 1. The molecule has 1 aliphatic rings. The first kappa shape index (κ1) is 15.9. The van der Waals surface area contributed by atoms with E-state index in [0.29, 0.717) is 18.0 Å². The van der Waals surface area contributed by atoms with Crippen LogP contribution in [-0.2, 0) is 10.0 Å². The van der Waals surface area contributed by atoms with Crippen molar-refractivity contribution in [3.05, 3.63) is 33.9 Å². The van der Waals surface area contributed by atoms with Gasteiger partial charge in [0.1, 0.15) is 0 Å². The predicted molar refractivity (Wildman–Crippen MR) is 78.7 cm³/mol. The van der Waals surface area contributed by atoms with E-state index in [0.717, 1.165) is 19.4 Å². The topological polar surface area (TPSA) is 101 Å². The molecular weight excluding hydrogens is 294 g/mol. The predicted octanol–water partition coefficient (Wildman–Crippen LogP) is 1.32. The average Bonchev–Trinajstić information content (AvgIpc) is 2.91. The van der Waals surface area contributed by atoms with Crippen LogP contribution in [0, 0.1) is 17.0 Å². The van der Waals surface area contributed by atoms with Crippen molar-refractivity contribution in [2.75, 3.05) is 13.1 Å². The highest BCUT2D eigenvalue weighted by Crippen LogP contribution is 2.26. The summed E-state index contributed by atoms with van der Waals surface area (Å²) in [7, 11) is -3.88. The Kier molecular flexibility index (Phi) is 4.92. The van der Waals surface area contributed by atoms with E-state index in [1.54, 1.807) is 13.0 Å². The minimum absolute atomic E-state index is 0.241. The molecule has 0 spiro atoms. The van der Waals surface area contributed by atoms with Gasteiger partial charge in [-0.1, -0.05) is 12.1 Å². The third-order valence-electron chi connectivity index (χ3n) is 3.60. The van der Waals surface area contributed by atoms with Crippen LogP contribution in [-0.4, -0.2) is 32.5 Å².